The lowest BCUT2D eigenvalue weighted by Crippen LogP contribution is -2.43. The summed E-state index contributed by atoms with van der Waals surface area (Å²) in [4.78, 5) is 2.53. The third kappa shape index (κ3) is 4.52. The normalized spacial score (nSPS) is 24.4. The van der Waals surface area contributed by atoms with Crippen LogP contribution in [0.2, 0.25) is 0 Å². The molecule has 1 unspecified atom stereocenters. The number of nitrogens with one attached hydrogen (secondary N) is 1. The van der Waals surface area contributed by atoms with E-state index < -0.39 is 0 Å². The number of piperidine rings is 1. The fourth-order valence-corrected chi connectivity index (χ4v) is 2.21. The second kappa shape index (κ2) is 5.86. The van der Waals surface area contributed by atoms with Crippen LogP contribution in [0.5, 0.6) is 0 Å². The van der Waals surface area contributed by atoms with Gasteiger partial charge in [0, 0.05) is 11.6 Å². The summed E-state index contributed by atoms with van der Waals surface area (Å²) in [5.41, 5.74) is 0.313. The van der Waals surface area contributed by atoms with Gasteiger partial charge in [0.25, 0.3) is 0 Å². The summed E-state index contributed by atoms with van der Waals surface area (Å²) in [5, 5.41) is 3.65. The average molecular weight is 212 g/mol. The molecular weight excluding hydrogens is 184 g/mol. The van der Waals surface area contributed by atoms with Gasteiger partial charge in [-0.1, -0.05) is 13.3 Å². The van der Waals surface area contributed by atoms with Crippen LogP contribution in [0.15, 0.2) is 0 Å². The highest BCUT2D eigenvalue weighted by molar-refractivity contribution is 4.79. The van der Waals surface area contributed by atoms with Crippen LogP contribution >= 0.6 is 0 Å². The first-order valence-corrected chi connectivity index (χ1v) is 6.50. The molecule has 2 nitrogen and oxygen atoms in total. The zero-order valence-corrected chi connectivity index (χ0v) is 11.0. The smallest absolute Gasteiger partial charge is 0.0122 e. The minimum absolute atomic E-state index is 0.313. The van der Waals surface area contributed by atoms with Crippen LogP contribution in [0.1, 0.15) is 52.9 Å². The van der Waals surface area contributed by atoms with E-state index in [9.17, 15) is 0 Å². The van der Waals surface area contributed by atoms with Gasteiger partial charge in [0.1, 0.15) is 0 Å². The van der Waals surface area contributed by atoms with E-state index in [0.29, 0.717) is 5.54 Å². The fraction of sp³-hybridized carbons (Fsp3) is 1.00. The third-order valence-corrected chi connectivity index (χ3v) is 3.89. The van der Waals surface area contributed by atoms with Gasteiger partial charge in [-0.15, -0.1) is 0 Å². The van der Waals surface area contributed by atoms with E-state index in [1.54, 1.807) is 0 Å². The van der Waals surface area contributed by atoms with Crippen molar-refractivity contribution in [2.75, 3.05) is 20.1 Å². The van der Waals surface area contributed by atoms with Gasteiger partial charge < -0.3 is 10.2 Å². The molecule has 0 aromatic rings. The Morgan fingerprint density at radius 3 is 2.67 bits per heavy atom. The molecule has 0 spiro atoms. The topological polar surface area (TPSA) is 15.3 Å². The maximum absolute atomic E-state index is 3.65. The van der Waals surface area contributed by atoms with Crippen molar-refractivity contribution in [1.29, 1.82) is 0 Å². The molecule has 1 fully saturated rings. The van der Waals surface area contributed by atoms with Crippen molar-refractivity contribution in [3.63, 3.8) is 0 Å². The van der Waals surface area contributed by atoms with Gasteiger partial charge in [-0.3, -0.25) is 0 Å². The maximum atomic E-state index is 3.65. The second-order valence-corrected chi connectivity index (χ2v) is 5.58. The summed E-state index contributed by atoms with van der Waals surface area (Å²) in [7, 11) is 2.27. The summed E-state index contributed by atoms with van der Waals surface area (Å²) >= 11 is 0. The summed E-state index contributed by atoms with van der Waals surface area (Å²) < 4.78 is 0. The van der Waals surface area contributed by atoms with Gasteiger partial charge in [-0.05, 0) is 59.7 Å². The molecule has 90 valence electrons. The summed E-state index contributed by atoms with van der Waals surface area (Å²) in [6, 6.07) is 0.818. The molecule has 1 saturated heterocycles. The Labute approximate surface area is 95.4 Å². The van der Waals surface area contributed by atoms with E-state index >= 15 is 0 Å². The largest absolute Gasteiger partial charge is 0.312 e. The average Bonchev–Trinajstić information content (AvgIpc) is 2.21. The SMILES string of the molecule is CCC(C)(C)NCCC1CCCCN1C. The van der Waals surface area contributed by atoms with Gasteiger partial charge in [0.2, 0.25) is 0 Å². The highest BCUT2D eigenvalue weighted by Gasteiger charge is 2.19. The molecule has 1 rings (SSSR count). The van der Waals surface area contributed by atoms with Crippen molar-refractivity contribution in [1.82, 2.24) is 10.2 Å². The molecule has 2 heteroatoms. The molecule has 0 amide bonds. The van der Waals surface area contributed by atoms with Crippen molar-refractivity contribution < 1.29 is 0 Å². The van der Waals surface area contributed by atoms with Gasteiger partial charge >= 0.3 is 0 Å². The van der Waals surface area contributed by atoms with Gasteiger partial charge in [0.15, 0.2) is 0 Å². The van der Waals surface area contributed by atoms with Crippen LogP contribution in [0.4, 0.5) is 0 Å². The van der Waals surface area contributed by atoms with Crippen LogP contribution < -0.4 is 5.32 Å². The molecule has 15 heavy (non-hydrogen) atoms. The van der Waals surface area contributed by atoms with E-state index in [-0.39, 0.29) is 0 Å². The molecule has 0 radical (unpaired) electrons. The first kappa shape index (κ1) is 13.0. The number of hydrogen-bond acceptors (Lipinski definition) is 2. The lowest BCUT2D eigenvalue weighted by molar-refractivity contribution is 0.172. The second-order valence-electron chi connectivity index (χ2n) is 5.58. The van der Waals surface area contributed by atoms with Crippen LogP contribution in [-0.2, 0) is 0 Å². The van der Waals surface area contributed by atoms with Crippen molar-refractivity contribution >= 4 is 0 Å². The highest BCUT2D eigenvalue weighted by Crippen LogP contribution is 2.17. The predicted octanol–water partition coefficient (Wildman–Crippen LogP) is 2.64. The van der Waals surface area contributed by atoms with E-state index in [0.717, 1.165) is 12.6 Å². The van der Waals surface area contributed by atoms with Crippen molar-refractivity contribution in [3.05, 3.63) is 0 Å². The molecule has 1 N–H and O–H groups in total. The highest BCUT2D eigenvalue weighted by atomic mass is 15.1. The molecule has 1 atom stereocenters. The zero-order valence-electron chi connectivity index (χ0n) is 11.0. The molecule has 1 aliphatic rings. The Kier molecular flexibility index (Phi) is 5.07. The number of likely N-dealkylation sites (tertiary alicyclic amines) is 1. The summed E-state index contributed by atoms with van der Waals surface area (Å²) in [6.07, 6.45) is 6.71. The van der Waals surface area contributed by atoms with Crippen LogP contribution in [0.25, 0.3) is 0 Å². The monoisotopic (exact) mass is 212 g/mol. The van der Waals surface area contributed by atoms with E-state index in [4.69, 9.17) is 0 Å². The van der Waals surface area contributed by atoms with Crippen LogP contribution in [0.3, 0.4) is 0 Å². The van der Waals surface area contributed by atoms with Crippen LogP contribution in [-0.4, -0.2) is 36.6 Å². The Hall–Kier alpha value is -0.0800. The maximum Gasteiger partial charge on any atom is 0.0122 e. The van der Waals surface area contributed by atoms with Crippen molar-refractivity contribution in [2.24, 2.45) is 0 Å². The summed E-state index contributed by atoms with van der Waals surface area (Å²) in [6.45, 7) is 9.28. The molecule has 0 bridgehead atoms. The van der Waals surface area contributed by atoms with E-state index in [2.05, 4.69) is 38.0 Å². The fourth-order valence-electron chi connectivity index (χ4n) is 2.21. The summed E-state index contributed by atoms with van der Waals surface area (Å²) in [5.74, 6) is 0. The number of hydrogen-bond donors (Lipinski definition) is 1. The molecule has 1 heterocycles. The first-order valence-electron chi connectivity index (χ1n) is 6.50. The lowest BCUT2D eigenvalue weighted by atomic mass is 9.98. The molecule has 0 saturated carbocycles. The van der Waals surface area contributed by atoms with E-state index in [1.807, 2.05) is 0 Å². The van der Waals surface area contributed by atoms with Crippen molar-refractivity contribution in [2.45, 2.75) is 64.5 Å². The minimum atomic E-state index is 0.313. The lowest BCUT2D eigenvalue weighted by Gasteiger charge is -2.34. The molecule has 1 aliphatic heterocycles. The number of rotatable bonds is 5. The van der Waals surface area contributed by atoms with Crippen LogP contribution in [0, 0.1) is 0 Å². The minimum Gasteiger partial charge on any atom is -0.312 e. The molecule has 0 aromatic heterocycles. The Bertz CT molecular complexity index is 177. The van der Waals surface area contributed by atoms with Gasteiger partial charge in [-0.25, -0.2) is 0 Å². The predicted molar refractivity (Wildman–Crippen MR) is 67.3 cm³/mol. The molecule has 0 aliphatic carbocycles. The zero-order chi connectivity index (χ0) is 11.3. The molecule has 0 aromatic carbocycles. The van der Waals surface area contributed by atoms with Crippen molar-refractivity contribution in [3.8, 4) is 0 Å². The van der Waals surface area contributed by atoms with Gasteiger partial charge in [0.05, 0.1) is 0 Å². The van der Waals surface area contributed by atoms with Gasteiger partial charge in [-0.2, -0.15) is 0 Å². The van der Waals surface area contributed by atoms with E-state index in [1.165, 1.54) is 38.6 Å². The quantitative estimate of drug-likeness (QED) is 0.753. The Balaban J connectivity index is 2.19. The number of nitrogens with zero attached hydrogens (tertiary/aromatic N) is 1. The molecular formula is C13H28N2. The third-order valence-electron chi connectivity index (χ3n) is 3.89. The Morgan fingerprint density at radius 2 is 2.07 bits per heavy atom. The standard InChI is InChI=1S/C13H28N2/c1-5-13(2,3)14-10-9-12-8-6-7-11-15(12)4/h12,14H,5-11H2,1-4H3. The first-order chi connectivity index (χ1) is 7.05. The Morgan fingerprint density at radius 1 is 1.33 bits per heavy atom.